The molecule has 110 valence electrons. The Morgan fingerprint density at radius 1 is 1.35 bits per heavy atom. The van der Waals surface area contributed by atoms with Gasteiger partial charge in [0.2, 0.25) is 0 Å². The summed E-state index contributed by atoms with van der Waals surface area (Å²) in [6.45, 7) is -1.89. The Balaban J connectivity index is 2.25. The molecule has 20 heavy (non-hydrogen) atoms. The normalized spacial score (nSPS) is 22.4. The number of halogens is 3. The van der Waals surface area contributed by atoms with Crippen molar-refractivity contribution >= 4 is 5.97 Å². The highest BCUT2D eigenvalue weighted by molar-refractivity contribution is 5.82. The first-order chi connectivity index (χ1) is 9.35. The summed E-state index contributed by atoms with van der Waals surface area (Å²) in [4.78, 5) is 11.6. The number of aliphatic carboxylic acids is 1. The van der Waals surface area contributed by atoms with Crippen LogP contribution in [0, 0.1) is 0 Å². The highest BCUT2D eigenvalue weighted by atomic mass is 19.4. The lowest BCUT2D eigenvalue weighted by atomic mass is 9.70. The Morgan fingerprint density at radius 3 is 2.70 bits per heavy atom. The van der Waals surface area contributed by atoms with E-state index in [1.54, 1.807) is 18.2 Å². The van der Waals surface area contributed by atoms with Crippen molar-refractivity contribution in [1.82, 2.24) is 0 Å². The highest BCUT2D eigenvalue weighted by Gasteiger charge is 2.44. The molecule has 0 aliphatic heterocycles. The lowest BCUT2D eigenvalue weighted by Crippen LogP contribution is -2.44. The SMILES string of the molecule is O=C(O)C1(COCC(F)(F)F)CCCc2ccccc21. The zero-order valence-electron chi connectivity index (χ0n) is 10.7. The topological polar surface area (TPSA) is 46.5 Å². The van der Waals surface area contributed by atoms with E-state index in [1.807, 2.05) is 6.07 Å². The lowest BCUT2D eigenvalue weighted by Gasteiger charge is -2.35. The number of carboxylic acids is 1. The molecular weight excluding hydrogens is 273 g/mol. The van der Waals surface area contributed by atoms with Crippen molar-refractivity contribution in [3.8, 4) is 0 Å². The quantitative estimate of drug-likeness (QED) is 0.926. The summed E-state index contributed by atoms with van der Waals surface area (Å²) in [5, 5.41) is 9.50. The average Bonchev–Trinajstić information content (AvgIpc) is 2.37. The number of rotatable bonds is 4. The molecule has 0 fully saturated rings. The molecule has 6 heteroatoms. The predicted octanol–water partition coefficient (Wildman–Crippen LogP) is 2.92. The fourth-order valence-electron chi connectivity index (χ4n) is 2.70. The summed E-state index contributed by atoms with van der Waals surface area (Å²) in [5.41, 5.74) is 0.0674. The second-order valence-corrected chi connectivity index (χ2v) is 5.01. The summed E-state index contributed by atoms with van der Waals surface area (Å²) >= 11 is 0. The van der Waals surface area contributed by atoms with Crippen LogP contribution in [0.3, 0.4) is 0 Å². The lowest BCUT2D eigenvalue weighted by molar-refractivity contribution is -0.182. The van der Waals surface area contributed by atoms with Crippen molar-refractivity contribution in [2.24, 2.45) is 0 Å². The number of hydrogen-bond acceptors (Lipinski definition) is 2. The maximum Gasteiger partial charge on any atom is 0.411 e. The van der Waals surface area contributed by atoms with E-state index >= 15 is 0 Å². The molecule has 3 nitrogen and oxygen atoms in total. The van der Waals surface area contributed by atoms with Crippen LogP contribution in [0.2, 0.25) is 0 Å². The number of fused-ring (bicyclic) bond motifs is 1. The average molecular weight is 288 g/mol. The number of alkyl halides is 3. The Kier molecular flexibility index (Phi) is 4.04. The molecular formula is C14H15F3O3. The maximum atomic E-state index is 12.2. The first kappa shape index (κ1) is 14.8. The number of benzene rings is 1. The molecule has 0 heterocycles. The predicted molar refractivity (Wildman–Crippen MR) is 65.6 cm³/mol. The third-order valence-corrected chi connectivity index (χ3v) is 3.61. The number of carbonyl (C=O) groups is 1. The van der Waals surface area contributed by atoms with Gasteiger partial charge in [-0.3, -0.25) is 4.79 Å². The highest BCUT2D eigenvalue weighted by Crippen LogP contribution is 2.38. The Labute approximate surface area is 114 Å². The molecule has 1 unspecified atom stereocenters. The van der Waals surface area contributed by atoms with Crippen molar-refractivity contribution in [1.29, 1.82) is 0 Å². The summed E-state index contributed by atoms with van der Waals surface area (Å²) in [7, 11) is 0. The van der Waals surface area contributed by atoms with Crippen molar-refractivity contribution in [3.05, 3.63) is 35.4 Å². The maximum absolute atomic E-state index is 12.2. The Bertz CT molecular complexity index is 499. The minimum Gasteiger partial charge on any atom is -0.481 e. The molecule has 0 amide bonds. The number of aryl methyl sites for hydroxylation is 1. The summed E-state index contributed by atoms with van der Waals surface area (Å²) in [6.07, 6.45) is -2.80. The third-order valence-electron chi connectivity index (χ3n) is 3.61. The summed E-state index contributed by atoms with van der Waals surface area (Å²) < 4.78 is 41.1. The van der Waals surface area contributed by atoms with Gasteiger partial charge in [-0.15, -0.1) is 0 Å². The first-order valence-corrected chi connectivity index (χ1v) is 6.31. The molecule has 0 bridgehead atoms. The van der Waals surface area contributed by atoms with Gasteiger partial charge in [0.05, 0.1) is 6.61 Å². The molecule has 0 saturated heterocycles. The fourth-order valence-corrected chi connectivity index (χ4v) is 2.70. The van der Waals surface area contributed by atoms with E-state index in [0.29, 0.717) is 12.0 Å². The number of carboxylic acid groups (broad SMARTS) is 1. The van der Waals surface area contributed by atoms with Crippen molar-refractivity contribution in [3.63, 3.8) is 0 Å². The van der Waals surface area contributed by atoms with Crippen molar-refractivity contribution in [2.45, 2.75) is 30.9 Å². The summed E-state index contributed by atoms with van der Waals surface area (Å²) in [6, 6.07) is 6.98. The fraction of sp³-hybridized carbons (Fsp3) is 0.500. The van der Waals surface area contributed by atoms with Crippen LogP contribution < -0.4 is 0 Å². The second kappa shape index (κ2) is 5.44. The number of hydrogen-bond donors (Lipinski definition) is 1. The smallest absolute Gasteiger partial charge is 0.411 e. The van der Waals surface area contributed by atoms with Crippen LogP contribution in [0.15, 0.2) is 24.3 Å². The minimum atomic E-state index is -4.45. The monoisotopic (exact) mass is 288 g/mol. The van der Waals surface area contributed by atoms with Gasteiger partial charge in [0.15, 0.2) is 0 Å². The van der Waals surface area contributed by atoms with E-state index in [9.17, 15) is 23.1 Å². The van der Waals surface area contributed by atoms with E-state index in [0.717, 1.165) is 12.0 Å². The van der Waals surface area contributed by atoms with Gasteiger partial charge in [0, 0.05) is 0 Å². The van der Waals surface area contributed by atoms with Crippen LogP contribution >= 0.6 is 0 Å². The zero-order chi connectivity index (χ0) is 14.8. The molecule has 1 aromatic carbocycles. The van der Waals surface area contributed by atoms with Gasteiger partial charge in [0.1, 0.15) is 12.0 Å². The molecule has 1 aliphatic rings. The van der Waals surface area contributed by atoms with Crippen molar-refractivity contribution < 1.29 is 27.8 Å². The Hall–Kier alpha value is -1.56. The third kappa shape index (κ3) is 2.95. The molecule has 0 aromatic heterocycles. The van der Waals surface area contributed by atoms with Crippen molar-refractivity contribution in [2.75, 3.05) is 13.2 Å². The van der Waals surface area contributed by atoms with E-state index in [1.165, 1.54) is 0 Å². The van der Waals surface area contributed by atoms with Crippen LogP contribution in [0.4, 0.5) is 13.2 Å². The first-order valence-electron chi connectivity index (χ1n) is 6.31. The molecule has 0 saturated carbocycles. The van der Waals surface area contributed by atoms with Gasteiger partial charge in [0.25, 0.3) is 0 Å². The summed E-state index contributed by atoms with van der Waals surface area (Å²) in [5.74, 6) is -1.13. The largest absolute Gasteiger partial charge is 0.481 e. The van der Waals surface area contributed by atoms with Crippen LogP contribution in [-0.2, 0) is 21.4 Å². The molecule has 1 atom stereocenters. The standard InChI is InChI=1S/C14H15F3O3/c15-14(16,17)9-20-8-13(12(18)19)7-3-5-10-4-1-2-6-11(10)13/h1-2,4,6H,3,5,7-9H2,(H,18,19). The van der Waals surface area contributed by atoms with Gasteiger partial charge in [-0.2, -0.15) is 13.2 Å². The van der Waals surface area contributed by atoms with E-state index in [-0.39, 0.29) is 6.42 Å². The molecule has 1 aliphatic carbocycles. The molecule has 1 N–H and O–H groups in total. The van der Waals surface area contributed by atoms with Crippen LogP contribution in [0.5, 0.6) is 0 Å². The Morgan fingerprint density at radius 2 is 2.05 bits per heavy atom. The van der Waals surface area contributed by atoms with Crippen LogP contribution in [0.25, 0.3) is 0 Å². The molecule has 0 radical (unpaired) electrons. The molecule has 2 rings (SSSR count). The van der Waals surface area contributed by atoms with Gasteiger partial charge < -0.3 is 9.84 Å². The van der Waals surface area contributed by atoms with Gasteiger partial charge in [-0.1, -0.05) is 24.3 Å². The van der Waals surface area contributed by atoms with Crippen LogP contribution in [-0.4, -0.2) is 30.5 Å². The van der Waals surface area contributed by atoms with Gasteiger partial charge in [-0.25, -0.2) is 0 Å². The zero-order valence-corrected chi connectivity index (χ0v) is 10.7. The van der Waals surface area contributed by atoms with Gasteiger partial charge in [-0.05, 0) is 30.4 Å². The van der Waals surface area contributed by atoms with E-state index in [4.69, 9.17) is 0 Å². The number of ether oxygens (including phenoxy) is 1. The molecule has 0 spiro atoms. The minimum absolute atomic E-state index is 0.289. The second-order valence-electron chi connectivity index (χ2n) is 5.01. The van der Waals surface area contributed by atoms with Crippen LogP contribution in [0.1, 0.15) is 24.0 Å². The molecule has 1 aromatic rings. The van der Waals surface area contributed by atoms with Gasteiger partial charge >= 0.3 is 12.1 Å². The van der Waals surface area contributed by atoms with E-state index < -0.39 is 30.8 Å². The van der Waals surface area contributed by atoms with E-state index in [2.05, 4.69) is 4.74 Å².